The van der Waals surface area contributed by atoms with E-state index in [1.807, 2.05) is 7.05 Å². The summed E-state index contributed by atoms with van der Waals surface area (Å²) in [7, 11) is 1.88. The maximum absolute atomic E-state index is 5.59. The molecule has 0 unspecified atom stereocenters. The Morgan fingerprint density at radius 2 is 2.05 bits per heavy atom. The predicted octanol–water partition coefficient (Wildman–Crippen LogP) is 1.50. The number of rotatable bonds is 3. The monoisotopic (exact) mass is 328 g/mol. The Morgan fingerprint density at radius 1 is 1.27 bits per heavy atom. The molecule has 2 rings (SSSR count). The van der Waals surface area contributed by atoms with Crippen LogP contribution in [0, 0.1) is 0 Å². The largest absolute Gasteiger partial charge is 0.378 e. The minimum absolute atomic E-state index is 0.132. The lowest BCUT2D eigenvalue weighted by Crippen LogP contribution is -2.56. The smallest absolute Gasteiger partial charge is 0.193 e. The number of thioether (sulfide) groups is 1. The first-order chi connectivity index (χ1) is 10.3. The van der Waals surface area contributed by atoms with Gasteiger partial charge in [-0.3, -0.25) is 9.89 Å². The molecule has 6 heteroatoms. The van der Waals surface area contributed by atoms with E-state index in [0.29, 0.717) is 4.75 Å². The van der Waals surface area contributed by atoms with Crippen LogP contribution in [0.1, 0.15) is 27.7 Å². The van der Waals surface area contributed by atoms with Crippen LogP contribution in [0.3, 0.4) is 0 Å². The van der Waals surface area contributed by atoms with E-state index >= 15 is 0 Å². The molecule has 1 N–H and O–H groups in total. The fourth-order valence-electron chi connectivity index (χ4n) is 3.14. The maximum atomic E-state index is 5.59. The number of ether oxygens (including phenoxy) is 1. The van der Waals surface area contributed by atoms with Gasteiger partial charge in [0.15, 0.2) is 5.96 Å². The number of guanidine groups is 1. The molecule has 0 aliphatic carbocycles. The van der Waals surface area contributed by atoms with E-state index in [1.54, 1.807) is 0 Å². The van der Waals surface area contributed by atoms with Crippen molar-refractivity contribution in [3.05, 3.63) is 0 Å². The zero-order valence-electron chi connectivity index (χ0n) is 14.8. The minimum Gasteiger partial charge on any atom is -0.378 e. The van der Waals surface area contributed by atoms with Gasteiger partial charge in [0.2, 0.25) is 0 Å². The zero-order valence-corrected chi connectivity index (χ0v) is 15.6. The third-order valence-electron chi connectivity index (χ3n) is 4.42. The van der Waals surface area contributed by atoms with Gasteiger partial charge in [-0.15, -0.1) is 0 Å². The second-order valence-corrected chi connectivity index (χ2v) is 9.16. The van der Waals surface area contributed by atoms with Gasteiger partial charge in [-0.05, 0) is 27.7 Å². The summed E-state index contributed by atoms with van der Waals surface area (Å²) in [5, 5.41) is 3.55. The van der Waals surface area contributed by atoms with E-state index in [1.165, 1.54) is 5.75 Å². The van der Waals surface area contributed by atoms with Crippen LogP contribution in [-0.4, -0.2) is 84.8 Å². The van der Waals surface area contributed by atoms with Gasteiger partial charge in [0.1, 0.15) is 0 Å². The summed E-state index contributed by atoms with van der Waals surface area (Å²) in [5.74, 6) is 2.21. The highest BCUT2D eigenvalue weighted by molar-refractivity contribution is 8.00. The first kappa shape index (κ1) is 17.9. The molecule has 0 spiro atoms. The molecule has 0 amide bonds. The van der Waals surface area contributed by atoms with Gasteiger partial charge in [-0.25, -0.2) is 0 Å². The third kappa shape index (κ3) is 4.77. The Balaban J connectivity index is 1.81. The van der Waals surface area contributed by atoms with Gasteiger partial charge in [0, 0.05) is 55.8 Å². The average Bonchev–Trinajstić information content (AvgIpc) is 2.43. The molecular formula is C16H32N4OS. The van der Waals surface area contributed by atoms with Crippen LogP contribution < -0.4 is 5.32 Å². The Labute approximate surface area is 139 Å². The van der Waals surface area contributed by atoms with Gasteiger partial charge in [-0.1, -0.05) is 0 Å². The molecule has 0 aromatic carbocycles. The van der Waals surface area contributed by atoms with Crippen molar-refractivity contribution in [2.24, 2.45) is 4.99 Å². The lowest BCUT2D eigenvalue weighted by Gasteiger charge is -2.42. The summed E-state index contributed by atoms with van der Waals surface area (Å²) in [5.41, 5.74) is 0.132. The molecular weight excluding hydrogens is 296 g/mol. The van der Waals surface area contributed by atoms with Crippen LogP contribution in [-0.2, 0) is 4.74 Å². The fraction of sp³-hybridized carbons (Fsp3) is 0.938. The number of aliphatic imine (C=N–C) groups is 1. The Bertz CT molecular complexity index is 398. The lowest BCUT2D eigenvalue weighted by molar-refractivity contribution is -0.0496. The third-order valence-corrected chi connectivity index (χ3v) is 5.72. The number of morpholine rings is 1. The van der Waals surface area contributed by atoms with Crippen molar-refractivity contribution < 1.29 is 4.74 Å². The molecule has 0 saturated carbocycles. The van der Waals surface area contributed by atoms with Crippen LogP contribution in [0.15, 0.2) is 4.99 Å². The van der Waals surface area contributed by atoms with Crippen molar-refractivity contribution in [1.82, 2.24) is 15.1 Å². The van der Waals surface area contributed by atoms with E-state index in [-0.39, 0.29) is 5.54 Å². The number of nitrogens with zero attached hydrogens (tertiary/aromatic N) is 3. The van der Waals surface area contributed by atoms with Crippen LogP contribution in [0.2, 0.25) is 0 Å². The number of nitrogens with one attached hydrogen (secondary N) is 1. The highest BCUT2D eigenvalue weighted by Crippen LogP contribution is 2.29. The standard InChI is InChI=1S/C16H32N4OS/c1-15(2)13-21-10-8-20(15)7-6-18-14(17-5)19-9-11-22-16(3,4)12-19/h6-13H2,1-5H3,(H,17,18). The van der Waals surface area contributed by atoms with Crippen molar-refractivity contribution in [1.29, 1.82) is 0 Å². The molecule has 0 atom stereocenters. The molecule has 2 saturated heterocycles. The second kappa shape index (κ2) is 7.41. The topological polar surface area (TPSA) is 40.1 Å². The molecule has 22 heavy (non-hydrogen) atoms. The first-order valence-electron chi connectivity index (χ1n) is 8.26. The molecule has 0 radical (unpaired) electrons. The van der Waals surface area contributed by atoms with Crippen molar-refractivity contribution in [3.63, 3.8) is 0 Å². The molecule has 2 aliphatic rings. The lowest BCUT2D eigenvalue weighted by atomic mass is 10.0. The fourth-order valence-corrected chi connectivity index (χ4v) is 4.25. The van der Waals surface area contributed by atoms with Crippen LogP contribution in [0.4, 0.5) is 0 Å². The van der Waals surface area contributed by atoms with Crippen molar-refractivity contribution in [2.45, 2.75) is 38.0 Å². The molecule has 0 aromatic heterocycles. The van der Waals surface area contributed by atoms with Gasteiger partial charge in [-0.2, -0.15) is 11.8 Å². The Morgan fingerprint density at radius 3 is 2.68 bits per heavy atom. The van der Waals surface area contributed by atoms with Gasteiger partial charge < -0.3 is 15.0 Å². The molecule has 0 aromatic rings. The van der Waals surface area contributed by atoms with Crippen molar-refractivity contribution >= 4 is 17.7 Å². The Kier molecular flexibility index (Phi) is 6.02. The molecule has 2 fully saturated rings. The normalized spacial score (nSPS) is 26.0. The average molecular weight is 329 g/mol. The molecule has 0 bridgehead atoms. The zero-order chi connectivity index (χ0) is 16.2. The van der Waals surface area contributed by atoms with E-state index < -0.39 is 0 Å². The van der Waals surface area contributed by atoms with E-state index in [4.69, 9.17) is 4.74 Å². The summed E-state index contributed by atoms with van der Waals surface area (Å²) in [4.78, 5) is 9.37. The molecule has 2 heterocycles. The summed E-state index contributed by atoms with van der Waals surface area (Å²) in [6, 6.07) is 0. The highest BCUT2D eigenvalue weighted by atomic mass is 32.2. The summed E-state index contributed by atoms with van der Waals surface area (Å²) >= 11 is 2.05. The quantitative estimate of drug-likeness (QED) is 0.628. The van der Waals surface area contributed by atoms with E-state index in [9.17, 15) is 0 Å². The van der Waals surface area contributed by atoms with E-state index in [0.717, 1.165) is 51.9 Å². The van der Waals surface area contributed by atoms with Gasteiger partial charge >= 0.3 is 0 Å². The highest BCUT2D eigenvalue weighted by Gasteiger charge is 2.31. The Hall–Kier alpha value is -0.460. The molecule has 2 aliphatic heterocycles. The second-order valence-electron chi connectivity index (χ2n) is 7.36. The maximum Gasteiger partial charge on any atom is 0.193 e. The number of hydrogen-bond donors (Lipinski definition) is 1. The van der Waals surface area contributed by atoms with Crippen molar-refractivity contribution in [3.8, 4) is 0 Å². The molecule has 128 valence electrons. The van der Waals surface area contributed by atoms with Gasteiger partial charge in [0.05, 0.1) is 13.2 Å². The predicted molar refractivity (Wildman–Crippen MR) is 95.9 cm³/mol. The number of hydrogen-bond acceptors (Lipinski definition) is 4. The SMILES string of the molecule is CN=C(NCCN1CCOCC1(C)C)N1CCSC(C)(C)C1. The van der Waals surface area contributed by atoms with Crippen LogP contribution in [0.5, 0.6) is 0 Å². The van der Waals surface area contributed by atoms with Crippen LogP contribution in [0.25, 0.3) is 0 Å². The first-order valence-corrected chi connectivity index (χ1v) is 9.25. The van der Waals surface area contributed by atoms with Gasteiger partial charge in [0.25, 0.3) is 0 Å². The molecule has 5 nitrogen and oxygen atoms in total. The van der Waals surface area contributed by atoms with E-state index in [2.05, 4.69) is 59.6 Å². The van der Waals surface area contributed by atoms with Crippen molar-refractivity contribution in [2.75, 3.05) is 58.7 Å². The summed E-state index contributed by atoms with van der Waals surface area (Å²) in [6.45, 7) is 15.9. The summed E-state index contributed by atoms with van der Waals surface area (Å²) < 4.78 is 5.89. The summed E-state index contributed by atoms with van der Waals surface area (Å²) in [6.07, 6.45) is 0. The minimum atomic E-state index is 0.132. The van der Waals surface area contributed by atoms with Crippen LogP contribution >= 0.6 is 11.8 Å².